The Labute approximate surface area is 127 Å². The van der Waals surface area contributed by atoms with E-state index in [1.807, 2.05) is 18.5 Å². The molecule has 0 amide bonds. The van der Waals surface area contributed by atoms with E-state index >= 15 is 0 Å². The third kappa shape index (κ3) is 3.44. The molecule has 3 aliphatic rings. The number of aromatic nitrogens is 1. The summed E-state index contributed by atoms with van der Waals surface area (Å²) in [7, 11) is 0. The normalized spacial score (nSPS) is 30.5. The van der Waals surface area contributed by atoms with Gasteiger partial charge in [-0.05, 0) is 36.8 Å². The van der Waals surface area contributed by atoms with E-state index in [0.717, 1.165) is 25.6 Å². The van der Waals surface area contributed by atoms with Gasteiger partial charge in [0.05, 0.1) is 6.10 Å². The van der Waals surface area contributed by atoms with Gasteiger partial charge in [-0.2, -0.15) is 0 Å². The van der Waals surface area contributed by atoms with Crippen LogP contribution in [0.1, 0.15) is 24.8 Å². The molecule has 1 aliphatic carbocycles. The second-order valence-electron chi connectivity index (χ2n) is 6.88. The molecule has 21 heavy (non-hydrogen) atoms. The standard InChI is InChI=1S/C17H25N3O/c1-2-15(9-18-5-1)10-19-6-7-20-12-17(8-16(20)11-19)21-13-14-3-4-14/h1-2,5,9,14,16-17H,3-4,6-8,10-13H2/t16-,17+/m0/s1. The van der Waals surface area contributed by atoms with E-state index in [1.54, 1.807) is 0 Å². The Morgan fingerprint density at radius 3 is 3.00 bits per heavy atom. The Hall–Kier alpha value is -0.970. The number of piperazine rings is 1. The Morgan fingerprint density at radius 2 is 2.19 bits per heavy atom. The van der Waals surface area contributed by atoms with Crippen molar-refractivity contribution in [1.29, 1.82) is 0 Å². The van der Waals surface area contributed by atoms with E-state index in [4.69, 9.17) is 4.74 Å². The summed E-state index contributed by atoms with van der Waals surface area (Å²) in [5.41, 5.74) is 1.32. The number of fused-ring (bicyclic) bond motifs is 1. The Bertz CT molecular complexity index is 462. The molecule has 4 nitrogen and oxygen atoms in total. The summed E-state index contributed by atoms with van der Waals surface area (Å²) >= 11 is 0. The Morgan fingerprint density at radius 1 is 1.24 bits per heavy atom. The van der Waals surface area contributed by atoms with Crippen molar-refractivity contribution in [1.82, 2.24) is 14.8 Å². The maximum atomic E-state index is 6.10. The third-order valence-electron chi connectivity index (χ3n) is 5.06. The molecule has 0 radical (unpaired) electrons. The van der Waals surface area contributed by atoms with Crippen LogP contribution in [0.25, 0.3) is 0 Å². The van der Waals surface area contributed by atoms with Crippen LogP contribution in [-0.2, 0) is 11.3 Å². The van der Waals surface area contributed by atoms with E-state index in [0.29, 0.717) is 12.1 Å². The van der Waals surface area contributed by atoms with Crippen molar-refractivity contribution in [3.8, 4) is 0 Å². The highest BCUT2D eigenvalue weighted by Crippen LogP contribution is 2.31. The molecule has 3 heterocycles. The lowest BCUT2D eigenvalue weighted by Crippen LogP contribution is -2.49. The van der Waals surface area contributed by atoms with Gasteiger partial charge in [-0.15, -0.1) is 0 Å². The fourth-order valence-corrected chi connectivity index (χ4v) is 3.63. The number of hydrogen-bond acceptors (Lipinski definition) is 4. The highest BCUT2D eigenvalue weighted by Gasteiger charge is 2.37. The van der Waals surface area contributed by atoms with Gasteiger partial charge in [0.1, 0.15) is 0 Å². The van der Waals surface area contributed by atoms with Crippen molar-refractivity contribution in [3.05, 3.63) is 30.1 Å². The monoisotopic (exact) mass is 287 g/mol. The molecule has 1 aromatic rings. The number of pyridine rings is 1. The minimum atomic E-state index is 0.481. The molecule has 114 valence electrons. The molecule has 0 bridgehead atoms. The van der Waals surface area contributed by atoms with Gasteiger partial charge >= 0.3 is 0 Å². The summed E-state index contributed by atoms with van der Waals surface area (Å²) in [6, 6.07) is 4.90. The zero-order chi connectivity index (χ0) is 14.1. The Balaban J connectivity index is 1.28. The average molecular weight is 287 g/mol. The quantitative estimate of drug-likeness (QED) is 0.825. The molecule has 1 saturated carbocycles. The van der Waals surface area contributed by atoms with Crippen LogP contribution >= 0.6 is 0 Å². The van der Waals surface area contributed by atoms with E-state index in [2.05, 4.69) is 20.9 Å². The van der Waals surface area contributed by atoms with Crippen LogP contribution in [0.2, 0.25) is 0 Å². The molecule has 2 atom stereocenters. The number of rotatable bonds is 5. The van der Waals surface area contributed by atoms with Crippen LogP contribution in [0.5, 0.6) is 0 Å². The van der Waals surface area contributed by atoms with Crippen molar-refractivity contribution >= 4 is 0 Å². The minimum Gasteiger partial charge on any atom is -0.377 e. The number of ether oxygens (including phenoxy) is 1. The fourth-order valence-electron chi connectivity index (χ4n) is 3.63. The first kappa shape index (κ1) is 13.7. The fraction of sp³-hybridized carbons (Fsp3) is 0.706. The second-order valence-corrected chi connectivity index (χ2v) is 6.88. The topological polar surface area (TPSA) is 28.6 Å². The van der Waals surface area contributed by atoms with E-state index in [-0.39, 0.29) is 0 Å². The molecule has 4 rings (SSSR count). The number of hydrogen-bond donors (Lipinski definition) is 0. The van der Waals surface area contributed by atoms with Gasteiger partial charge in [0, 0.05) is 57.8 Å². The van der Waals surface area contributed by atoms with E-state index in [9.17, 15) is 0 Å². The lowest BCUT2D eigenvalue weighted by molar-refractivity contribution is 0.0508. The van der Waals surface area contributed by atoms with Gasteiger partial charge in [0.25, 0.3) is 0 Å². The molecule has 4 heteroatoms. The molecule has 0 aromatic carbocycles. The lowest BCUT2D eigenvalue weighted by Gasteiger charge is -2.37. The van der Waals surface area contributed by atoms with Crippen LogP contribution in [0.3, 0.4) is 0 Å². The first-order valence-corrected chi connectivity index (χ1v) is 8.34. The highest BCUT2D eigenvalue weighted by atomic mass is 16.5. The lowest BCUT2D eigenvalue weighted by atomic mass is 10.1. The maximum absolute atomic E-state index is 6.10. The van der Waals surface area contributed by atoms with Crippen molar-refractivity contribution in [2.75, 3.05) is 32.8 Å². The van der Waals surface area contributed by atoms with Gasteiger partial charge in [-0.25, -0.2) is 0 Å². The van der Waals surface area contributed by atoms with Crippen LogP contribution in [0, 0.1) is 5.92 Å². The van der Waals surface area contributed by atoms with Crippen molar-refractivity contribution in [2.24, 2.45) is 5.92 Å². The summed E-state index contributed by atoms with van der Waals surface area (Å²) in [4.78, 5) is 9.43. The van der Waals surface area contributed by atoms with E-state index < -0.39 is 0 Å². The van der Waals surface area contributed by atoms with Gasteiger partial charge in [-0.3, -0.25) is 14.8 Å². The van der Waals surface area contributed by atoms with Crippen molar-refractivity contribution < 1.29 is 4.74 Å². The summed E-state index contributed by atoms with van der Waals surface area (Å²) in [5.74, 6) is 0.879. The number of nitrogens with zero attached hydrogens (tertiary/aromatic N) is 3. The molecular formula is C17H25N3O. The van der Waals surface area contributed by atoms with Crippen LogP contribution in [-0.4, -0.2) is 59.7 Å². The first-order valence-electron chi connectivity index (χ1n) is 8.34. The molecule has 3 fully saturated rings. The summed E-state index contributed by atoms with van der Waals surface area (Å²) < 4.78 is 6.10. The summed E-state index contributed by atoms with van der Waals surface area (Å²) in [6.07, 6.45) is 8.31. The van der Waals surface area contributed by atoms with Crippen LogP contribution < -0.4 is 0 Å². The highest BCUT2D eigenvalue weighted by molar-refractivity contribution is 5.08. The minimum absolute atomic E-state index is 0.481. The van der Waals surface area contributed by atoms with Gasteiger partial charge < -0.3 is 4.74 Å². The van der Waals surface area contributed by atoms with Crippen molar-refractivity contribution in [2.45, 2.75) is 38.0 Å². The smallest absolute Gasteiger partial charge is 0.0717 e. The SMILES string of the molecule is c1cncc(CN2CCN3C[C@H](OCC4CC4)C[C@H]3C2)c1. The predicted octanol–water partition coefficient (Wildman–Crippen LogP) is 1.77. The second kappa shape index (κ2) is 6.03. The van der Waals surface area contributed by atoms with Gasteiger partial charge in [0.15, 0.2) is 0 Å². The predicted molar refractivity (Wildman–Crippen MR) is 82.0 cm³/mol. The maximum Gasteiger partial charge on any atom is 0.0717 e. The average Bonchev–Trinajstić information content (AvgIpc) is 3.25. The zero-order valence-electron chi connectivity index (χ0n) is 12.7. The first-order chi connectivity index (χ1) is 10.4. The molecule has 1 aromatic heterocycles. The Kier molecular flexibility index (Phi) is 3.93. The van der Waals surface area contributed by atoms with E-state index in [1.165, 1.54) is 44.5 Å². The molecule has 2 saturated heterocycles. The molecule has 2 aliphatic heterocycles. The van der Waals surface area contributed by atoms with Crippen LogP contribution in [0.4, 0.5) is 0 Å². The molecular weight excluding hydrogens is 262 g/mol. The van der Waals surface area contributed by atoms with Crippen LogP contribution in [0.15, 0.2) is 24.5 Å². The summed E-state index contributed by atoms with van der Waals surface area (Å²) in [6.45, 7) is 6.72. The molecule has 0 spiro atoms. The third-order valence-corrected chi connectivity index (χ3v) is 5.06. The zero-order valence-corrected chi connectivity index (χ0v) is 12.7. The summed E-state index contributed by atoms with van der Waals surface area (Å²) in [5, 5.41) is 0. The van der Waals surface area contributed by atoms with Gasteiger partial charge in [-0.1, -0.05) is 6.07 Å². The molecule has 0 N–H and O–H groups in total. The van der Waals surface area contributed by atoms with Crippen molar-refractivity contribution in [3.63, 3.8) is 0 Å². The largest absolute Gasteiger partial charge is 0.377 e. The van der Waals surface area contributed by atoms with Gasteiger partial charge in [0.2, 0.25) is 0 Å². The molecule has 0 unspecified atom stereocenters.